The first-order chi connectivity index (χ1) is 12.3. The van der Waals surface area contributed by atoms with Gasteiger partial charge in [0, 0.05) is 10.9 Å². The highest BCUT2D eigenvalue weighted by Gasteiger charge is 2.13. The van der Waals surface area contributed by atoms with E-state index in [9.17, 15) is 4.79 Å². The molecule has 0 unspecified atom stereocenters. The predicted octanol–water partition coefficient (Wildman–Crippen LogP) is 5.06. The third kappa shape index (κ3) is 3.55. The van der Waals surface area contributed by atoms with E-state index in [1.54, 1.807) is 16.7 Å². The van der Waals surface area contributed by atoms with E-state index in [-0.39, 0.29) is 5.91 Å². The van der Waals surface area contributed by atoms with Gasteiger partial charge in [-0.1, -0.05) is 36.4 Å². The molecule has 1 N–H and O–H groups in total. The molecule has 0 aliphatic carbocycles. The summed E-state index contributed by atoms with van der Waals surface area (Å²) in [6.45, 7) is 0.336. The summed E-state index contributed by atoms with van der Waals surface area (Å²) >= 11 is 3.08. The maximum Gasteiger partial charge on any atom is 0.271 e. The van der Waals surface area contributed by atoms with Crippen molar-refractivity contribution in [2.75, 3.05) is 0 Å². The van der Waals surface area contributed by atoms with Crippen LogP contribution in [0.4, 0.5) is 0 Å². The summed E-state index contributed by atoms with van der Waals surface area (Å²) in [6.07, 6.45) is 0. The van der Waals surface area contributed by atoms with Crippen LogP contribution in [0.2, 0.25) is 0 Å². The van der Waals surface area contributed by atoms with Gasteiger partial charge in [-0.05, 0) is 23.6 Å². The van der Waals surface area contributed by atoms with E-state index in [2.05, 4.69) is 10.3 Å². The molecule has 0 aliphatic rings. The SMILES string of the molecule is O=C(NCc1ccc(-c2cccs2)o1)c1csc(-c2ccccc2)n1. The number of benzene rings is 1. The second-order valence-corrected chi connectivity index (χ2v) is 7.14. The first-order valence-corrected chi connectivity index (χ1v) is 9.47. The first-order valence-electron chi connectivity index (χ1n) is 7.71. The van der Waals surface area contributed by atoms with E-state index in [0.29, 0.717) is 12.2 Å². The third-order valence-electron chi connectivity index (χ3n) is 3.61. The molecular formula is C19H14N2O2S2. The van der Waals surface area contributed by atoms with Gasteiger partial charge in [-0.15, -0.1) is 22.7 Å². The molecule has 1 aromatic carbocycles. The van der Waals surface area contributed by atoms with Crippen LogP contribution in [-0.2, 0) is 6.54 Å². The van der Waals surface area contributed by atoms with Gasteiger partial charge < -0.3 is 9.73 Å². The van der Waals surface area contributed by atoms with Crippen LogP contribution in [-0.4, -0.2) is 10.9 Å². The van der Waals surface area contributed by atoms with Crippen LogP contribution in [0.3, 0.4) is 0 Å². The second kappa shape index (κ2) is 7.04. The Morgan fingerprint density at radius 3 is 2.72 bits per heavy atom. The predicted molar refractivity (Wildman–Crippen MR) is 101 cm³/mol. The van der Waals surface area contributed by atoms with Crippen LogP contribution in [0.25, 0.3) is 21.2 Å². The van der Waals surface area contributed by atoms with Crippen molar-refractivity contribution in [2.24, 2.45) is 0 Å². The van der Waals surface area contributed by atoms with Gasteiger partial charge in [-0.2, -0.15) is 0 Å². The maximum atomic E-state index is 12.3. The number of carbonyl (C=O) groups excluding carboxylic acids is 1. The topological polar surface area (TPSA) is 55.1 Å². The molecule has 6 heteroatoms. The highest BCUT2D eigenvalue weighted by molar-refractivity contribution is 7.13. The minimum atomic E-state index is -0.201. The van der Waals surface area contributed by atoms with E-state index >= 15 is 0 Å². The monoisotopic (exact) mass is 366 g/mol. The van der Waals surface area contributed by atoms with Crippen LogP contribution >= 0.6 is 22.7 Å². The Hall–Kier alpha value is -2.70. The van der Waals surface area contributed by atoms with E-state index in [1.807, 2.05) is 60.0 Å². The van der Waals surface area contributed by atoms with Gasteiger partial charge in [0.2, 0.25) is 0 Å². The fraction of sp³-hybridized carbons (Fsp3) is 0.0526. The average Bonchev–Trinajstić information content (AvgIpc) is 3.41. The standard InChI is InChI=1S/C19H14N2O2S2/c22-18(15-12-25-19(21-15)13-5-2-1-3-6-13)20-11-14-8-9-16(23-14)17-7-4-10-24-17/h1-10,12H,11H2,(H,20,22). The Bertz CT molecular complexity index is 972. The fourth-order valence-corrected chi connectivity index (χ4v) is 3.87. The number of nitrogens with zero attached hydrogens (tertiary/aromatic N) is 1. The number of hydrogen-bond acceptors (Lipinski definition) is 5. The van der Waals surface area contributed by atoms with Gasteiger partial charge in [0.15, 0.2) is 0 Å². The number of nitrogens with one attached hydrogen (secondary N) is 1. The van der Waals surface area contributed by atoms with Crippen molar-refractivity contribution in [3.05, 3.63) is 76.8 Å². The van der Waals surface area contributed by atoms with Gasteiger partial charge in [0.05, 0.1) is 11.4 Å². The average molecular weight is 366 g/mol. The molecule has 0 aliphatic heterocycles. The summed E-state index contributed by atoms with van der Waals surface area (Å²) in [5.41, 5.74) is 1.44. The molecule has 3 aromatic heterocycles. The first kappa shape index (κ1) is 15.8. The summed E-state index contributed by atoms with van der Waals surface area (Å²) in [5, 5.41) is 7.47. The molecular weight excluding hydrogens is 352 g/mol. The highest BCUT2D eigenvalue weighted by Crippen LogP contribution is 2.26. The number of rotatable bonds is 5. The molecule has 0 saturated carbocycles. The normalized spacial score (nSPS) is 10.7. The zero-order chi connectivity index (χ0) is 17.1. The van der Waals surface area contributed by atoms with Crippen molar-refractivity contribution in [1.82, 2.24) is 10.3 Å². The zero-order valence-corrected chi connectivity index (χ0v) is 14.8. The largest absolute Gasteiger partial charge is 0.458 e. The van der Waals surface area contributed by atoms with Crippen molar-refractivity contribution in [2.45, 2.75) is 6.54 Å². The molecule has 0 spiro atoms. The molecule has 0 saturated heterocycles. The van der Waals surface area contributed by atoms with Crippen LogP contribution < -0.4 is 5.32 Å². The Morgan fingerprint density at radius 2 is 1.92 bits per heavy atom. The minimum Gasteiger partial charge on any atom is -0.458 e. The fourth-order valence-electron chi connectivity index (χ4n) is 2.37. The van der Waals surface area contributed by atoms with E-state index < -0.39 is 0 Å². The summed E-state index contributed by atoms with van der Waals surface area (Å²) in [7, 11) is 0. The van der Waals surface area contributed by atoms with Gasteiger partial charge in [-0.3, -0.25) is 4.79 Å². The number of thiophene rings is 1. The molecule has 0 atom stereocenters. The van der Waals surface area contributed by atoms with Gasteiger partial charge >= 0.3 is 0 Å². The molecule has 1 amide bonds. The summed E-state index contributed by atoms with van der Waals surface area (Å²) in [4.78, 5) is 17.8. The minimum absolute atomic E-state index is 0.201. The molecule has 0 bridgehead atoms. The number of thiazole rings is 1. The van der Waals surface area contributed by atoms with Gasteiger partial charge in [0.1, 0.15) is 22.2 Å². The Labute approximate surface area is 152 Å². The lowest BCUT2D eigenvalue weighted by Gasteiger charge is -2.00. The number of aromatic nitrogens is 1. The van der Waals surface area contributed by atoms with Crippen molar-refractivity contribution < 1.29 is 9.21 Å². The van der Waals surface area contributed by atoms with Crippen molar-refractivity contribution in [3.63, 3.8) is 0 Å². The number of furan rings is 1. The molecule has 124 valence electrons. The smallest absolute Gasteiger partial charge is 0.271 e. The highest BCUT2D eigenvalue weighted by atomic mass is 32.1. The quantitative estimate of drug-likeness (QED) is 0.537. The molecule has 4 nitrogen and oxygen atoms in total. The van der Waals surface area contributed by atoms with Crippen LogP contribution in [0.5, 0.6) is 0 Å². The number of carbonyl (C=O) groups is 1. The van der Waals surface area contributed by atoms with Crippen molar-refractivity contribution in [3.8, 4) is 21.2 Å². The number of amides is 1. The summed E-state index contributed by atoms with van der Waals surface area (Å²) in [5.74, 6) is 1.34. The Morgan fingerprint density at radius 1 is 1.04 bits per heavy atom. The van der Waals surface area contributed by atoms with Crippen molar-refractivity contribution >= 4 is 28.6 Å². The third-order valence-corrected chi connectivity index (χ3v) is 5.38. The molecule has 3 heterocycles. The molecule has 25 heavy (non-hydrogen) atoms. The second-order valence-electron chi connectivity index (χ2n) is 5.33. The van der Waals surface area contributed by atoms with Crippen molar-refractivity contribution in [1.29, 1.82) is 0 Å². The van der Waals surface area contributed by atoms with Gasteiger partial charge in [-0.25, -0.2) is 4.98 Å². The van der Waals surface area contributed by atoms with Crippen LogP contribution in [0.1, 0.15) is 16.2 Å². The van der Waals surface area contributed by atoms with Crippen LogP contribution in [0.15, 0.2) is 69.8 Å². The van der Waals surface area contributed by atoms with E-state index in [4.69, 9.17) is 4.42 Å². The lowest BCUT2D eigenvalue weighted by Crippen LogP contribution is -2.22. The summed E-state index contributed by atoms with van der Waals surface area (Å²) < 4.78 is 5.77. The Balaban J connectivity index is 1.40. The molecule has 0 radical (unpaired) electrons. The maximum absolute atomic E-state index is 12.3. The lowest BCUT2D eigenvalue weighted by molar-refractivity contribution is 0.0944. The molecule has 4 aromatic rings. The Kier molecular flexibility index (Phi) is 4.45. The zero-order valence-electron chi connectivity index (χ0n) is 13.1. The number of hydrogen-bond donors (Lipinski definition) is 1. The van der Waals surface area contributed by atoms with Crippen LogP contribution in [0, 0.1) is 0 Å². The van der Waals surface area contributed by atoms with E-state index in [0.717, 1.165) is 27.0 Å². The van der Waals surface area contributed by atoms with E-state index in [1.165, 1.54) is 11.3 Å². The molecule has 4 rings (SSSR count). The van der Waals surface area contributed by atoms with Gasteiger partial charge in [0.25, 0.3) is 5.91 Å². The lowest BCUT2D eigenvalue weighted by atomic mass is 10.2. The molecule has 0 fully saturated rings. The summed E-state index contributed by atoms with van der Waals surface area (Å²) in [6, 6.07) is 17.6.